The van der Waals surface area contributed by atoms with Crippen LogP contribution in [0.5, 0.6) is 0 Å². The van der Waals surface area contributed by atoms with Crippen LogP contribution in [0.1, 0.15) is 39.5 Å². The molecule has 2 aliphatic carbocycles. The first-order valence-corrected chi connectivity index (χ1v) is 7.14. The van der Waals surface area contributed by atoms with E-state index in [1.807, 2.05) is 13.8 Å². The molecule has 2 saturated carbocycles. The molecule has 0 aromatic carbocycles. The Kier molecular flexibility index (Phi) is 3.18. The molecule has 3 aliphatic rings. The zero-order chi connectivity index (χ0) is 11.9. The predicted molar refractivity (Wildman–Crippen MR) is 66.7 cm³/mol. The van der Waals surface area contributed by atoms with Gasteiger partial charge in [-0.1, -0.05) is 6.42 Å². The van der Waals surface area contributed by atoms with Gasteiger partial charge >= 0.3 is 0 Å². The highest BCUT2D eigenvalue weighted by molar-refractivity contribution is 4.91. The maximum atomic E-state index is 5.67. The smallest absolute Gasteiger partial charge is 0.162 e. The molecular formula is C14H25NO2. The van der Waals surface area contributed by atoms with E-state index in [1.54, 1.807) is 0 Å². The Labute approximate surface area is 104 Å². The lowest BCUT2D eigenvalue weighted by molar-refractivity contribution is -0.253. The summed E-state index contributed by atoms with van der Waals surface area (Å²) in [6, 6.07) is 0.391. The molecule has 1 saturated heterocycles. The fourth-order valence-electron chi connectivity index (χ4n) is 3.75. The molecule has 1 heterocycles. The van der Waals surface area contributed by atoms with Crippen molar-refractivity contribution in [2.45, 2.75) is 51.4 Å². The van der Waals surface area contributed by atoms with Gasteiger partial charge in [-0.3, -0.25) is 0 Å². The van der Waals surface area contributed by atoms with Crippen LogP contribution < -0.4 is 5.32 Å². The van der Waals surface area contributed by atoms with Crippen molar-refractivity contribution in [3.05, 3.63) is 0 Å². The first kappa shape index (κ1) is 11.9. The Balaban J connectivity index is 1.40. The highest BCUT2D eigenvalue weighted by Crippen LogP contribution is 2.47. The van der Waals surface area contributed by atoms with Crippen LogP contribution in [0.25, 0.3) is 0 Å². The number of hydrogen-bond acceptors (Lipinski definition) is 3. The summed E-state index contributed by atoms with van der Waals surface area (Å²) < 4.78 is 11.3. The van der Waals surface area contributed by atoms with Gasteiger partial charge in [-0.05, 0) is 57.4 Å². The highest BCUT2D eigenvalue weighted by Gasteiger charge is 2.39. The van der Waals surface area contributed by atoms with Gasteiger partial charge in [0.2, 0.25) is 0 Å². The fraction of sp³-hybridized carbons (Fsp3) is 1.00. The topological polar surface area (TPSA) is 30.5 Å². The quantitative estimate of drug-likeness (QED) is 0.818. The fourth-order valence-corrected chi connectivity index (χ4v) is 3.75. The minimum absolute atomic E-state index is 0.384. The second-order valence-corrected chi connectivity index (χ2v) is 6.56. The van der Waals surface area contributed by atoms with E-state index in [0.717, 1.165) is 31.0 Å². The van der Waals surface area contributed by atoms with Gasteiger partial charge in [-0.2, -0.15) is 0 Å². The lowest BCUT2D eigenvalue weighted by Gasteiger charge is -2.36. The summed E-state index contributed by atoms with van der Waals surface area (Å²) in [7, 11) is 0. The maximum absolute atomic E-state index is 5.67. The van der Waals surface area contributed by atoms with Gasteiger partial charge in [0.1, 0.15) is 0 Å². The van der Waals surface area contributed by atoms with Crippen LogP contribution in [0.15, 0.2) is 0 Å². The average molecular weight is 239 g/mol. The lowest BCUT2D eigenvalue weighted by atomic mass is 9.89. The first-order valence-electron chi connectivity index (χ1n) is 7.14. The van der Waals surface area contributed by atoms with Crippen LogP contribution in [0.4, 0.5) is 0 Å². The van der Waals surface area contributed by atoms with Gasteiger partial charge in [-0.25, -0.2) is 0 Å². The maximum Gasteiger partial charge on any atom is 0.162 e. The Morgan fingerprint density at radius 3 is 2.47 bits per heavy atom. The molecular weight excluding hydrogens is 214 g/mol. The third-order valence-electron chi connectivity index (χ3n) is 4.82. The van der Waals surface area contributed by atoms with Crippen molar-refractivity contribution >= 4 is 0 Å². The first-order chi connectivity index (χ1) is 8.12. The monoisotopic (exact) mass is 239 g/mol. The normalized spacial score (nSPS) is 40.9. The molecule has 3 rings (SSSR count). The van der Waals surface area contributed by atoms with Crippen molar-refractivity contribution in [2.75, 3.05) is 19.8 Å². The average Bonchev–Trinajstić information content (AvgIpc) is 2.89. The van der Waals surface area contributed by atoms with Gasteiger partial charge in [0, 0.05) is 0 Å². The highest BCUT2D eigenvalue weighted by atomic mass is 16.7. The van der Waals surface area contributed by atoms with Gasteiger partial charge in [0.05, 0.1) is 19.3 Å². The Morgan fingerprint density at radius 1 is 1.12 bits per heavy atom. The second-order valence-electron chi connectivity index (χ2n) is 6.56. The van der Waals surface area contributed by atoms with Crippen molar-refractivity contribution in [2.24, 2.45) is 17.8 Å². The second kappa shape index (κ2) is 4.52. The Morgan fingerprint density at radius 2 is 1.88 bits per heavy atom. The van der Waals surface area contributed by atoms with Crippen molar-refractivity contribution in [1.29, 1.82) is 0 Å². The van der Waals surface area contributed by atoms with E-state index < -0.39 is 0 Å². The molecule has 1 aliphatic heterocycles. The molecule has 17 heavy (non-hydrogen) atoms. The molecule has 0 amide bonds. The molecule has 2 bridgehead atoms. The van der Waals surface area contributed by atoms with E-state index in [4.69, 9.17) is 9.47 Å². The van der Waals surface area contributed by atoms with Gasteiger partial charge in [0.25, 0.3) is 0 Å². The molecule has 1 N–H and O–H groups in total. The summed E-state index contributed by atoms with van der Waals surface area (Å²) in [6.45, 7) is 6.71. The molecule has 0 radical (unpaired) electrons. The summed E-state index contributed by atoms with van der Waals surface area (Å²) in [5.41, 5.74) is 0. The zero-order valence-corrected chi connectivity index (χ0v) is 11.1. The molecule has 3 heteroatoms. The van der Waals surface area contributed by atoms with Crippen molar-refractivity contribution in [3.63, 3.8) is 0 Å². The van der Waals surface area contributed by atoms with E-state index >= 15 is 0 Å². The van der Waals surface area contributed by atoms with Crippen molar-refractivity contribution in [3.8, 4) is 0 Å². The van der Waals surface area contributed by atoms with Gasteiger partial charge in [0.15, 0.2) is 5.79 Å². The SMILES string of the molecule is CC1(C)OCC(NCC2CC3CCC2C3)CO1. The minimum Gasteiger partial charge on any atom is -0.349 e. The van der Waals surface area contributed by atoms with E-state index in [-0.39, 0.29) is 5.79 Å². The molecule has 98 valence electrons. The standard InChI is InChI=1S/C14H25NO2/c1-14(2)16-8-13(9-17-14)15-7-12-6-10-3-4-11(12)5-10/h10-13,15H,3-9H2,1-2H3. The number of ether oxygens (including phenoxy) is 2. The minimum atomic E-state index is -0.384. The molecule has 0 aromatic rings. The molecule has 0 spiro atoms. The van der Waals surface area contributed by atoms with Crippen molar-refractivity contribution < 1.29 is 9.47 Å². The summed E-state index contributed by atoms with van der Waals surface area (Å²) >= 11 is 0. The summed E-state index contributed by atoms with van der Waals surface area (Å²) in [5, 5.41) is 3.64. The van der Waals surface area contributed by atoms with Crippen LogP contribution in [-0.4, -0.2) is 31.6 Å². The Hall–Kier alpha value is -0.120. The van der Waals surface area contributed by atoms with Crippen LogP contribution in [0, 0.1) is 17.8 Å². The molecule has 3 nitrogen and oxygen atoms in total. The van der Waals surface area contributed by atoms with Gasteiger partial charge < -0.3 is 14.8 Å². The molecule has 0 aromatic heterocycles. The molecule has 3 atom stereocenters. The van der Waals surface area contributed by atoms with Crippen LogP contribution >= 0.6 is 0 Å². The summed E-state index contributed by atoms with van der Waals surface area (Å²) in [4.78, 5) is 0. The van der Waals surface area contributed by atoms with E-state index in [9.17, 15) is 0 Å². The van der Waals surface area contributed by atoms with E-state index in [1.165, 1.54) is 32.2 Å². The van der Waals surface area contributed by atoms with Crippen LogP contribution in [0.3, 0.4) is 0 Å². The number of nitrogens with one attached hydrogen (secondary N) is 1. The van der Waals surface area contributed by atoms with E-state index in [2.05, 4.69) is 5.32 Å². The number of rotatable bonds is 3. The lowest BCUT2D eigenvalue weighted by Crippen LogP contribution is -2.49. The largest absolute Gasteiger partial charge is 0.349 e. The molecule has 3 unspecified atom stereocenters. The number of hydrogen-bond donors (Lipinski definition) is 1. The predicted octanol–water partition coefficient (Wildman–Crippen LogP) is 2.16. The van der Waals surface area contributed by atoms with Crippen LogP contribution in [-0.2, 0) is 9.47 Å². The third-order valence-corrected chi connectivity index (χ3v) is 4.82. The summed E-state index contributed by atoms with van der Waals surface area (Å²) in [5.74, 6) is 2.59. The van der Waals surface area contributed by atoms with Gasteiger partial charge in [-0.15, -0.1) is 0 Å². The summed E-state index contributed by atoms with van der Waals surface area (Å²) in [6.07, 6.45) is 5.92. The van der Waals surface area contributed by atoms with E-state index in [0.29, 0.717) is 6.04 Å². The number of fused-ring (bicyclic) bond motifs is 2. The zero-order valence-electron chi connectivity index (χ0n) is 11.1. The third kappa shape index (κ3) is 2.67. The molecule has 3 fully saturated rings. The van der Waals surface area contributed by atoms with Crippen LogP contribution in [0.2, 0.25) is 0 Å². The Bertz CT molecular complexity index is 269. The van der Waals surface area contributed by atoms with Crippen molar-refractivity contribution in [1.82, 2.24) is 5.32 Å².